The van der Waals surface area contributed by atoms with Gasteiger partial charge in [-0.1, -0.05) is 0 Å². The van der Waals surface area contributed by atoms with Gasteiger partial charge in [-0.3, -0.25) is 4.79 Å². The zero-order valence-corrected chi connectivity index (χ0v) is 15.9. The summed E-state index contributed by atoms with van der Waals surface area (Å²) < 4.78 is 30.0. The maximum Gasteiger partial charge on any atom is 0.243 e. The number of hydrogen-bond donors (Lipinski definition) is 0. The van der Waals surface area contributed by atoms with Crippen molar-refractivity contribution in [1.29, 1.82) is 0 Å². The van der Waals surface area contributed by atoms with E-state index in [4.69, 9.17) is 0 Å². The molecule has 1 fully saturated rings. The first-order chi connectivity index (χ1) is 12.4. The molecule has 1 amide bonds. The van der Waals surface area contributed by atoms with Crippen LogP contribution >= 0.6 is 0 Å². The van der Waals surface area contributed by atoms with E-state index in [0.29, 0.717) is 26.1 Å². The smallest absolute Gasteiger partial charge is 0.243 e. The number of fused-ring (bicyclic) bond motifs is 1. The van der Waals surface area contributed by atoms with Crippen molar-refractivity contribution in [3.05, 3.63) is 47.8 Å². The molecule has 7 heteroatoms. The SMILES string of the molecule is Cc1ccc2n1CCN(S(=O)(=O)c1ccc(N3CCCC3=O)cc1)[C@H]2C. The lowest BCUT2D eigenvalue weighted by Gasteiger charge is -2.34. The average Bonchev–Trinajstić information content (AvgIpc) is 3.22. The molecule has 2 aliphatic rings. The topological polar surface area (TPSA) is 62.6 Å². The van der Waals surface area contributed by atoms with Gasteiger partial charge in [-0.05, 0) is 56.7 Å². The fourth-order valence-corrected chi connectivity index (χ4v) is 5.58. The number of hydrogen-bond acceptors (Lipinski definition) is 3. The highest BCUT2D eigenvalue weighted by Crippen LogP contribution is 2.33. The van der Waals surface area contributed by atoms with Crippen molar-refractivity contribution in [2.75, 3.05) is 18.0 Å². The average molecular weight is 373 g/mol. The Balaban J connectivity index is 1.62. The Morgan fingerprint density at radius 3 is 2.38 bits per heavy atom. The summed E-state index contributed by atoms with van der Waals surface area (Å²) in [6.07, 6.45) is 1.41. The molecule has 2 aromatic rings. The van der Waals surface area contributed by atoms with Crippen LogP contribution in [0.3, 0.4) is 0 Å². The molecule has 3 heterocycles. The quantitative estimate of drug-likeness (QED) is 0.831. The van der Waals surface area contributed by atoms with Gasteiger partial charge >= 0.3 is 0 Å². The van der Waals surface area contributed by atoms with Crippen LogP contribution in [0.2, 0.25) is 0 Å². The number of sulfonamides is 1. The van der Waals surface area contributed by atoms with Crippen LogP contribution in [-0.4, -0.2) is 36.3 Å². The summed E-state index contributed by atoms with van der Waals surface area (Å²) in [7, 11) is -3.58. The zero-order chi connectivity index (χ0) is 18.5. The zero-order valence-electron chi connectivity index (χ0n) is 15.1. The third-order valence-electron chi connectivity index (χ3n) is 5.47. The summed E-state index contributed by atoms with van der Waals surface area (Å²) in [5.74, 6) is 0.0985. The number of aryl methyl sites for hydroxylation is 1. The molecule has 2 aliphatic heterocycles. The van der Waals surface area contributed by atoms with Gasteiger partial charge in [0.25, 0.3) is 0 Å². The highest BCUT2D eigenvalue weighted by molar-refractivity contribution is 7.89. The maximum atomic E-state index is 13.1. The molecule has 0 N–H and O–H groups in total. The summed E-state index contributed by atoms with van der Waals surface area (Å²) in [5, 5.41) is 0. The summed E-state index contributed by atoms with van der Waals surface area (Å²) in [6, 6.07) is 10.5. The van der Waals surface area contributed by atoms with E-state index in [1.807, 2.05) is 26.0 Å². The fraction of sp³-hybridized carbons (Fsp3) is 0.421. The van der Waals surface area contributed by atoms with Crippen LogP contribution in [0.4, 0.5) is 5.69 Å². The fourth-order valence-electron chi connectivity index (χ4n) is 3.98. The van der Waals surface area contributed by atoms with Gasteiger partial charge in [0.1, 0.15) is 0 Å². The molecular weight excluding hydrogens is 350 g/mol. The van der Waals surface area contributed by atoms with Crippen LogP contribution in [0, 0.1) is 6.92 Å². The Morgan fingerprint density at radius 1 is 1.00 bits per heavy atom. The summed E-state index contributed by atoms with van der Waals surface area (Å²) in [4.78, 5) is 13.9. The van der Waals surface area contributed by atoms with E-state index in [1.54, 1.807) is 33.5 Å². The Kier molecular flexibility index (Phi) is 4.16. The molecule has 4 rings (SSSR count). The number of rotatable bonds is 3. The van der Waals surface area contributed by atoms with Crippen LogP contribution < -0.4 is 4.90 Å². The second-order valence-electron chi connectivity index (χ2n) is 6.99. The molecule has 0 saturated carbocycles. The first-order valence-electron chi connectivity index (χ1n) is 8.98. The number of benzene rings is 1. The van der Waals surface area contributed by atoms with E-state index in [0.717, 1.165) is 23.5 Å². The molecule has 26 heavy (non-hydrogen) atoms. The maximum absolute atomic E-state index is 13.1. The van der Waals surface area contributed by atoms with Crippen molar-refractivity contribution < 1.29 is 13.2 Å². The van der Waals surface area contributed by atoms with Crippen molar-refractivity contribution >= 4 is 21.6 Å². The van der Waals surface area contributed by atoms with Gasteiger partial charge in [0.05, 0.1) is 10.9 Å². The van der Waals surface area contributed by atoms with E-state index < -0.39 is 10.0 Å². The molecule has 1 saturated heterocycles. The third kappa shape index (κ3) is 2.66. The lowest BCUT2D eigenvalue weighted by Crippen LogP contribution is -2.41. The number of aromatic nitrogens is 1. The molecule has 0 radical (unpaired) electrons. The molecule has 0 aliphatic carbocycles. The minimum atomic E-state index is -3.58. The highest BCUT2D eigenvalue weighted by Gasteiger charge is 2.34. The van der Waals surface area contributed by atoms with Crippen molar-refractivity contribution in [1.82, 2.24) is 8.87 Å². The van der Waals surface area contributed by atoms with Gasteiger partial charge in [0, 0.05) is 43.1 Å². The second-order valence-corrected chi connectivity index (χ2v) is 8.88. The summed E-state index contributed by atoms with van der Waals surface area (Å²) >= 11 is 0. The van der Waals surface area contributed by atoms with E-state index in [9.17, 15) is 13.2 Å². The molecule has 138 valence electrons. The Hall–Kier alpha value is -2.12. The predicted molar refractivity (Wildman–Crippen MR) is 99.5 cm³/mol. The van der Waals surface area contributed by atoms with Gasteiger partial charge in [0.15, 0.2) is 0 Å². The van der Waals surface area contributed by atoms with Crippen molar-refractivity contribution in [3.63, 3.8) is 0 Å². The van der Waals surface area contributed by atoms with Crippen molar-refractivity contribution in [2.45, 2.75) is 44.2 Å². The Bertz CT molecular complexity index is 947. The molecule has 1 aromatic heterocycles. The van der Waals surface area contributed by atoms with Gasteiger partial charge in [-0.25, -0.2) is 8.42 Å². The minimum absolute atomic E-state index is 0.0985. The second kappa shape index (κ2) is 6.25. The van der Waals surface area contributed by atoms with Crippen molar-refractivity contribution in [3.8, 4) is 0 Å². The monoisotopic (exact) mass is 373 g/mol. The van der Waals surface area contributed by atoms with Gasteiger partial charge in [-0.2, -0.15) is 4.31 Å². The van der Waals surface area contributed by atoms with Crippen molar-refractivity contribution in [2.24, 2.45) is 0 Å². The summed E-state index contributed by atoms with van der Waals surface area (Å²) in [6.45, 7) is 5.79. The molecule has 0 bridgehead atoms. The lowest BCUT2D eigenvalue weighted by molar-refractivity contribution is -0.117. The van der Waals surface area contributed by atoms with Gasteiger partial charge in [0.2, 0.25) is 15.9 Å². The van der Waals surface area contributed by atoms with Gasteiger partial charge in [-0.15, -0.1) is 0 Å². The van der Waals surface area contributed by atoms with Crippen LogP contribution in [0.1, 0.15) is 37.2 Å². The van der Waals surface area contributed by atoms with E-state index in [1.165, 1.54) is 0 Å². The molecule has 1 aromatic carbocycles. The number of carbonyl (C=O) groups is 1. The number of anilines is 1. The first kappa shape index (κ1) is 17.3. The van der Waals surface area contributed by atoms with Crippen LogP contribution in [0.5, 0.6) is 0 Å². The minimum Gasteiger partial charge on any atom is -0.346 e. The van der Waals surface area contributed by atoms with E-state index in [-0.39, 0.29) is 16.8 Å². The molecule has 6 nitrogen and oxygen atoms in total. The largest absolute Gasteiger partial charge is 0.346 e. The van der Waals surface area contributed by atoms with E-state index in [2.05, 4.69) is 4.57 Å². The Labute approximate surface area is 154 Å². The van der Waals surface area contributed by atoms with Crippen LogP contribution in [0.15, 0.2) is 41.3 Å². The van der Waals surface area contributed by atoms with Crippen LogP contribution in [-0.2, 0) is 21.4 Å². The Morgan fingerprint density at radius 2 is 1.73 bits per heavy atom. The normalized spacial score (nSPS) is 21.2. The standard InChI is InChI=1S/C19H23N3O3S/c1-14-5-10-18-15(2)22(13-12-20(14)18)26(24,25)17-8-6-16(7-9-17)21-11-3-4-19(21)23/h5-10,15H,3-4,11-13H2,1-2H3/t15-/m0/s1. The lowest BCUT2D eigenvalue weighted by atomic mass is 10.2. The first-order valence-corrected chi connectivity index (χ1v) is 10.4. The van der Waals surface area contributed by atoms with Crippen LogP contribution in [0.25, 0.3) is 0 Å². The number of amides is 1. The van der Waals surface area contributed by atoms with E-state index >= 15 is 0 Å². The third-order valence-corrected chi connectivity index (χ3v) is 7.45. The molecular formula is C19H23N3O3S. The molecule has 0 unspecified atom stereocenters. The summed E-state index contributed by atoms with van der Waals surface area (Å²) in [5.41, 5.74) is 2.95. The predicted octanol–water partition coefficient (Wildman–Crippen LogP) is 2.69. The number of carbonyl (C=O) groups excluding carboxylic acids is 1. The van der Waals surface area contributed by atoms with Gasteiger partial charge < -0.3 is 9.47 Å². The molecule has 1 atom stereocenters. The molecule has 0 spiro atoms. The highest BCUT2D eigenvalue weighted by atomic mass is 32.2. The number of nitrogens with zero attached hydrogens (tertiary/aromatic N) is 3.